The number of benzene rings is 3. The zero-order valence-electron chi connectivity index (χ0n) is 22.8. The van der Waals surface area contributed by atoms with E-state index in [4.69, 9.17) is 24.8 Å². The van der Waals surface area contributed by atoms with Crippen LogP contribution in [-0.2, 0) is 23.1 Å². The third-order valence-corrected chi connectivity index (χ3v) is 6.71. The summed E-state index contributed by atoms with van der Waals surface area (Å²) in [7, 11) is 0.366. The average molecular weight is 529 g/mol. The molecule has 0 aliphatic rings. The van der Waals surface area contributed by atoms with E-state index in [-0.39, 0.29) is 23.0 Å². The van der Waals surface area contributed by atoms with Gasteiger partial charge in [0.05, 0.1) is 29.9 Å². The predicted octanol–water partition coefficient (Wildman–Crippen LogP) is 6.42. The minimum atomic E-state index is -0.475. The molecule has 0 amide bonds. The Morgan fingerprint density at radius 1 is 0.842 bits per heavy atom. The van der Waals surface area contributed by atoms with Crippen LogP contribution in [0.15, 0.2) is 66.7 Å². The summed E-state index contributed by atoms with van der Waals surface area (Å²) >= 11 is 0. The van der Waals surface area contributed by atoms with E-state index in [9.17, 15) is 5.11 Å². The lowest BCUT2D eigenvalue weighted by atomic mass is 9.97. The number of ether oxygens (including phenoxy) is 1. The van der Waals surface area contributed by atoms with Gasteiger partial charge in [-0.1, -0.05) is 63.2 Å². The number of aliphatic hydroxyl groups excluding tert-OH is 1. The minimum Gasteiger partial charge on any atom is -0.507 e. The van der Waals surface area contributed by atoms with E-state index in [1.54, 1.807) is 30.3 Å². The van der Waals surface area contributed by atoms with Crippen LogP contribution in [0.3, 0.4) is 0 Å². The number of rotatable bonds is 9. The van der Waals surface area contributed by atoms with E-state index in [0.29, 0.717) is 27.7 Å². The van der Waals surface area contributed by atoms with E-state index < -0.39 is 5.60 Å². The van der Waals surface area contributed by atoms with E-state index in [1.807, 2.05) is 44.2 Å². The molecule has 0 saturated heterocycles. The molecular weight excluding hydrogens is 492 g/mol. The summed E-state index contributed by atoms with van der Waals surface area (Å²) in [6.45, 7) is 10.8. The number of nitriles is 2. The maximum Gasteiger partial charge on any atom is 0.236 e. The van der Waals surface area contributed by atoms with Crippen molar-refractivity contribution < 1.29 is 19.4 Å². The SMILES string of the molecule is CC(C)(C)[Si]OC(C)(C)c1ccc(C#N)c(O)c1.N#Cc1ccc(CO)cc1OCCCc1ccccc1. The van der Waals surface area contributed by atoms with Crippen LogP contribution in [-0.4, -0.2) is 26.6 Å². The number of aryl methyl sites for hydroxylation is 1. The number of aliphatic hydroxyl groups is 1. The lowest BCUT2D eigenvalue weighted by molar-refractivity contribution is 0.109. The Kier molecular flexibility index (Phi) is 11.6. The number of phenols is 1. The summed E-state index contributed by atoms with van der Waals surface area (Å²) in [5.74, 6) is 0.554. The standard InChI is InChI=1S/C17H17NO2.C14H19NO2Si/c18-12-16-9-8-15(13-19)11-17(16)20-10-4-7-14-5-2-1-3-6-14;1-13(2,3)18-17-14(4,5)11-7-6-10(9-15)12(16)8-11/h1-3,5-6,8-9,11,19H,4,7,10,13H2;6-8,16H,1-5H3. The Morgan fingerprint density at radius 3 is 2.08 bits per heavy atom. The molecule has 3 aromatic rings. The van der Waals surface area contributed by atoms with Gasteiger partial charge in [0.2, 0.25) is 9.76 Å². The van der Waals surface area contributed by atoms with E-state index >= 15 is 0 Å². The van der Waals surface area contributed by atoms with Crippen molar-refractivity contribution in [1.29, 1.82) is 10.5 Å². The van der Waals surface area contributed by atoms with Crippen molar-refractivity contribution in [1.82, 2.24) is 0 Å². The Labute approximate surface area is 229 Å². The van der Waals surface area contributed by atoms with Crippen molar-refractivity contribution in [3.05, 3.63) is 94.5 Å². The molecule has 0 unspecified atom stereocenters. The van der Waals surface area contributed by atoms with Gasteiger partial charge < -0.3 is 19.4 Å². The molecule has 2 N–H and O–H groups in total. The van der Waals surface area contributed by atoms with Crippen LogP contribution < -0.4 is 4.74 Å². The average Bonchev–Trinajstić information content (AvgIpc) is 2.90. The third kappa shape index (κ3) is 10.0. The van der Waals surface area contributed by atoms with Gasteiger partial charge in [0.1, 0.15) is 23.6 Å². The van der Waals surface area contributed by atoms with E-state index in [1.165, 1.54) is 5.56 Å². The fourth-order valence-electron chi connectivity index (χ4n) is 3.32. The van der Waals surface area contributed by atoms with Crippen molar-refractivity contribution in [2.45, 2.75) is 64.7 Å². The highest BCUT2D eigenvalue weighted by Crippen LogP contribution is 2.32. The van der Waals surface area contributed by atoms with Gasteiger partial charge in [0.25, 0.3) is 0 Å². The molecule has 6 nitrogen and oxygen atoms in total. The van der Waals surface area contributed by atoms with Crippen LogP contribution in [0, 0.1) is 22.7 Å². The van der Waals surface area contributed by atoms with Gasteiger partial charge in [0, 0.05) is 0 Å². The lowest BCUT2D eigenvalue weighted by Gasteiger charge is -2.29. The third-order valence-electron chi connectivity index (χ3n) is 5.48. The van der Waals surface area contributed by atoms with Gasteiger partial charge in [-0.05, 0) is 72.7 Å². The number of nitrogens with zero attached hydrogens (tertiary/aromatic N) is 2. The maximum absolute atomic E-state index is 9.71. The van der Waals surface area contributed by atoms with Crippen molar-refractivity contribution >= 4 is 9.76 Å². The molecule has 38 heavy (non-hydrogen) atoms. The molecule has 0 bridgehead atoms. The molecule has 2 radical (unpaired) electrons. The monoisotopic (exact) mass is 528 g/mol. The zero-order valence-corrected chi connectivity index (χ0v) is 23.8. The largest absolute Gasteiger partial charge is 0.507 e. The van der Waals surface area contributed by atoms with Crippen LogP contribution in [0.2, 0.25) is 5.04 Å². The number of hydrogen-bond donors (Lipinski definition) is 2. The van der Waals surface area contributed by atoms with Crippen LogP contribution in [0.25, 0.3) is 0 Å². The second kappa shape index (κ2) is 14.4. The fourth-order valence-corrected chi connectivity index (χ4v) is 4.00. The van der Waals surface area contributed by atoms with Crippen molar-refractivity contribution in [2.24, 2.45) is 0 Å². The Balaban J connectivity index is 0.000000269. The first-order valence-electron chi connectivity index (χ1n) is 12.5. The van der Waals surface area contributed by atoms with E-state index in [0.717, 1.165) is 24.0 Å². The van der Waals surface area contributed by atoms with Gasteiger partial charge >= 0.3 is 0 Å². The first kappa shape index (κ1) is 30.6. The highest BCUT2D eigenvalue weighted by Gasteiger charge is 2.26. The molecule has 0 aromatic heterocycles. The van der Waals surface area contributed by atoms with Gasteiger partial charge in [-0.15, -0.1) is 0 Å². The van der Waals surface area contributed by atoms with E-state index in [2.05, 4.69) is 39.0 Å². The van der Waals surface area contributed by atoms with Gasteiger partial charge in [-0.2, -0.15) is 10.5 Å². The van der Waals surface area contributed by atoms with Crippen molar-refractivity contribution in [3.63, 3.8) is 0 Å². The molecule has 3 rings (SSSR count). The molecular formula is C31H36N2O4Si. The highest BCUT2D eigenvalue weighted by atomic mass is 28.2. The molecule has 0 aliphatic carbocycles. The van der Waals surface area contributed by atoms with Crippen LogP contribution in [0.4, 0.5) is 0 Å². The molecule has 0 heterocycles. The molecule has 0 aliphatic heterocycles. The van der Waals surface area contributed by atoms with Gasteiger partial charge in [0.15, 0.2) is 0 Å². The smallest absolute Gasteiger partial charge is 0.236 e. The van der Waals surface area contributed by atoms with Crippen LogP contribution >= 0.6 is 0 Å². The summed E-state index contributed by atoms with van der Waals surface area (Å²) in [6.07, 6.45) is 1.83. The Hall–Kier alpha value is -3.62. The molecule has 0 saturated carbocycles. The first-order valence-corrected chi connectivity index (χ1v) is 13.4. The summed E-state index contributed by atoms with van der Waals surface area (Å²) in [5, 5.41) is 36.7. The molecule has 7 heteroatoms. The molecule has 0 spiro atoms. The highest BCUT2D eigenvalue weighted by molar-refractivity contribution is 6.31. The molecule has 3 aromatic carbocycles. The van der Waals surface area contributed by atoms with Crippen molar-refractivity contribution in [2.75, 3.05) is 6.61 Å². The summed E-state index contributed by atoms with van der Waals surface area (Å²) < 4.78 is 11.6. The second-order valence-corrected chi connectivity index (χ2v) is 12.3. The molecule has 0 fully saturated rings. The van der Waals surface area contributed by atoms with Gasteiger partial charge in [-0.25, -0.2) is 0 Å². The van der Waals surface area contributed by atoms with Crippen LogP contribution in [0.1, 0.15) is 68.9 Å². The molecule has 198 valence electrons. The summed E-state index contributed by atoms with van der Waals surface area (Å²) in [6, 6.07) is 24.4. The molecule has 0 atom stereocenters. The van der Waals surface area contributed by atoms with Gasteiger partial charge in [-0.3, -0.25) is 0 Å². The summed E-state index contributed by atoms with van der Waals surface area (Å²) in [4.78, 5) is 0. The topological polar surface area (TPSA) is 106 Å². The fraction of sp³-hybridized carbons (Fsp3) is 0.355. The Bertz CT molecular complexity index is 1260. The second-order valence-electron chi connectivity index (χ2n) is 10.3. The normalized spacial score (nSPS) is 11.1. The predicted molar refractivity (Wildman–Crippen MR) is 150 cm³/mol. The number of aromatic hydroxyl groups is 1. The quantitative estimate of drug-likeness (QED) is 0.245. The number of hydrogen-bond acceptors (Lipinski definition) is 6. The minimum absolute atomic E-state index is 0.00534. The maximum atomic E-state index is 9.71. The van der Waals surface area contributed by atoms with Crippen molar-refractivity contribution in [3.8, 4) is 23.6 Å². The zero-order chi connectivity index (χ0) is 28.2. The van der Waals surface area contributed by atoms with Crippen LogP contribution in [0.5, 0.6) is 11.5 Å². The summed E-state index contributed by atoms with van der Waals surface area (Å²) in [5.41, 5.74) is 3.21. The lowest BCUT2D eigenvalue weighted by Crippen LogP contribution is -2.27. The Morgan fingerprint density at radius 2 is 1.50 bits per heavy atom. The first-order chi connectivity index (χ1) is 18.0. The number of phenolic OH excluding ortho intramolecular Hbond substituents is 1.